The van der Waals surface area contributed by atoms with E-state index in [1.54, 1.807) is 0 Å². The molecule has 1 aliphatic carbocycles. The molecule has 1 aromatic rings. The lowest BCUT2D eigenvalue weighted by atomic mass is 9.87. The number of hydrogen-bond donors (Lipinski definition) is 1. The lowest BCUT2D eigenvalue weighted by molar-refractivity contribution is 0.116. The van der Waals surface area contributed by atoms with Gasteiger partial charge in [-0.25, -0.2) is 0 Å². The van der Waals surface area contributed by atoms with Crippen LogP contribution in [0.2, 0.25) is 0 Å². The van der Waals surface area contributed by atoms with E-state index in [-0.39, 0.29) is 6.10 Å². The van der Waals surface area contributed by atoms with Gasteiger partial charge in [-0.15, -0.1) is 0 Å². The van der Waals surface area contributed by atoms with Crippen LogP contribution in [-0.2, 0) is 5.75 Å². The molecular weight excluding hydrogens is 236 g/mol. The molecule has 96 valence electrons. The summed E-state index contributed by atoms with van der Waals surface area (Å²) in [6.07, 6.45) is 3.48. The predicted octanol–water partition coefficient (Wildman–Crippen LogP) is 2.73. The first-order valence-corrected chi connectivity index (χ1v) is 7.32. The van der Waals surface area contributed by atoms with Crippen molar-refractivity contribution in [2.24, 2.45) is 0 Å². The molecule has 0 atom stereocenters. The molecule has 17 heavy (non-hydrogen) atoms. The van der Waals surface area contributed by atoms with Crippen molar-refractivity contribution in [3.63, 3.8) is 0 Å². The lowest BCUT2D eigenvalue weighted by Gasteiger charge is -2.22. The van der Waals surface area contributed by atoms with Gasteiger partial charge in [0.2, 0.25) is 5.89 Å². The van der Waals surface area contributed by atoms with Crippen molar-refractivity contribution in [2.45, 2.75) is 62.6 Å². The van der Waals surface area contributed by atoms with Gasteiger partial charge in [-0.1, -0.05) is 19.0 Å². The van der Waals surface area contributed by atoms with Gasteiger partial charge in [0.05, 0.1) is 11.9 Å². The van der Waals surface area contributed by atoms with Gasteiger partial charge in [0.25, 0.3) is 0 Å². The van der Waals surface area contributed by atoms with E-state index >= 15 is 0 Å². The van der Waals surface area contributed by atoms with Gasteiger partial charge in [-0.05, 0) is 30.9 Å². The molecule has 4 nitrogen and oxygen atoms in total. The summed E-state index contributed by atoms with van der Waals surface area (Å²) in [5.41, 5.74) is 0. The molecule has 1 heterocycles. The Balaban J connectivity index is 1.89. The number of aromatic nitrogens is 2. The summed E-state index contributed by atoms with van der Waals surface area (Å²) < 4.78 is 5.32. The van der Waals surface area contributed by atoms with Gasteiger partial charge in [0.15, 0.2) is 5.82 Å². The van der Waals surface area contributed by atoms with E-state index in [1.807, 2.05) is 11.8 Å². The second-order valence-electron chi connectivity index (χ2n) is 4.91. The van der Waals surface area contributed by atoms with E-state index in [0.717, 1.165) is 43.2 Å². The van der Waals surface area contributed by atoms with Crippen LogP contribution in [0.3, 0.4) is 0 Å². The first-order valence-electron chi connectivity index (χ1n) is 6.27. The molecule has 0 unspecified atom stereocenters. The maximum absolute atomic E-state index is 9.45. The van der Waals surface area contributed by atoms with Gasteiger partial charge >= 0.3 is 0 Å². The fourth-order valence-electron chi connectivity index (χ4n) is 2.06. The second-order valence-corrected chi connectivity index (χ2v) is 6.48. The molecule has 0 aliphatic heterocycles. The summed E-state index contributed by atoms with van der Waals surface area (Å²) >= 11 is 1.82. The van der Waals surface area contributed by atoms with Crippen molar-refractivity contribution in [3.05, 3.63) is 11.7 Å². The molecule has 1 saturated carbocycles. The van der Waals surface area contributed by atoms with Crippen LogP contribution >= 0.6 is 11.8 Å². The average molecular weight is 256 g/mol. The van der Waals surface area contributed by atoms with Crippen LogP contribution < -0.4 is 0 Å². The van der Waals surface area contributed by atoms with Crippen molar-refractivity contribution >= 4 is 11.8 Å². The topological polar surface area (TPSA) is 59.2 Å². The zero-order chi connectivity index (χ0) is 12.3. The predicted molar refractivity (Wildman–Crippen MR) is 67.9 cm³/mol. The highest BCUT2D eigenvalue weighted by Crippen LogP contribution is 2.32. The van der Waals surface area contributed by atoms with E-state index in [1.165, 1.54) is 0 Å². The van der Waals surface area contributed by atoms with Gasteiger partial charge in [0, 0.05) is 5.92 Å². The highest BCUT2D eigenvalue weighted by Gasteiger charge is 2.25. The quantitative estimate of drug-likeness (QED) is 0.897. The van der Waals surface area contributed by atoms with Gasteiger partial charge < -0.3 is 9.63 Å². The van der Waals surface area contributed by atoms with Crippen molar-refractivity contribution in [1.82, 2.24) is 10.1 Å². The Bertz CT molecular complexity index is 346. The smallest absolute Gasteiger partial charge is 0.229 e. The van der Waals surface area contributed by atoms with Crippen LogP contribution in [0.4, 0.5) is 0 Å². The first-order chi connectivity index (χ1) is 8.15. The van der Waals surface area contributed by atoms with Crippen molar-refractivity contribution < 1.29 is 9.63 Å². The van der Waals surface area contributed by atoms with Gasteiger partial charge in [0.1, 0.15) is 0 Å². The molecule has 0 radical (unpaired) electrons. The minimum absolute atomic E-state index is 0.134. The number of thioether (sulfide) groups is 1. The third kappa shape index (κ3) is 3.71. The third-order valence-electron chi connectivity index (χ3n) is 3.08. The minimum atomic E-state index is -0.134. The SMILES string of the molecule is CC(C)SCc1noc(C2CCC(O)CC2)n1. The van der Waals surface area contributed by atoms with E-state index in [9.17, 15) is 5.11 Å². The normalized spacial score (nSPS) is 25.4. The summed E-state index contributed by atoms with van der Waals surface area (Å²) in [6.45, 7) is 4.32. The third-order valence-corrected chi connectivity index (χ3v) is 4.17. The Morgan fingerprint density at radius 3 is 2.71 bits per heavy atom. The summed E-state index contributed by atoms with van der Waals surface area (Å²) in [5.74, 6) is 2.72. The molecule has 5 heteroatoms. The van der Waals surface area contributed by atoms with Crippen molar-refractivity contribution in [3.8, 4) is 0 Å². The van der Waals surface area contributed by atoms with Crippen LogP contribution in [0, 0.1) is 0 Å². The molecular formula is C12H20N2O2S. The Morgan fingerprint density at radius 1 is 1.35 bits per heavy atom. The summed E-state index contributed by atoms with van der Waals surface area (Å²) in [7, 11) is 0. The molecule has 1 fully saturated rings. The summed E-state index contributed by atoms with van der Waals surface area (Å²) in [4.78, 5) is 4.45. The molecule has 2 rings (SSSR count). The van der Waals surface area contributed by atoms with Crippen molar-refractivity contribution in [1.29, 1.82) is 0 Å². The minimum Gasteiger partial charge on any atom is -0.393 e. The number of aliphatic hydroxyl groups excluding tert-OH is 1. The standard InChI is InChI=1S/C12H20N2O2S/c1-8(2)17-7-11-13-12(16-14-11)9-3-5-10(15)6-4-9/h8-10,15H,3-7H2,1-2H3. The van der Waals surface area contributed by atoms with Crippen molar-refractivity contribution in [2.75, 3.05) is 0 Å². The molecule has 0 aromatic carbocycles. The molecule has 0 spiro atoms. The second kappa shape index (κ2) is 5.87. The van der Waals surface area contributed by atoms with Crippen LogP contribution in [-0.4, -0.2) is 26.6 Å². The Kier molecular flexibility index (Phi) is 4.45. The zero-order valence-electron chi connectivity index (χ0n) is 10.4. The largest absolute Gasteiger partial charge is 0.393 e. The Hall–Kier alpha value is -0.550. The fourth-order valence-corrected chi connectivity index (χ4v) is 2.66. The molecule has 1 N–H and O–H groups in total. The van der Waals surface area contributed by atoms with E-state index in [0.29, 0.717) is 11.2 Å². The molecule has 0 saturated heterocycles. The number of aliphatic hydroxyl groups is 1. The lowest BCUT2D eigenvalue weighted by Crippen LogP contribution is -2.17. The zero-order valence-corrected chi connectivity index (χ0v) is 11.2. The highest BCUT2D eigenvalue weighted by molar-refractivity contribution is 7.99. The van der Waals surface area contributed by atoms with Crippen LogP contribution in [0.1, 0.15) is 57.2 Å². The number of rotatable bonds is 4. The Morgan fingerprint density at radius 2 is 2.06 bits per heavy atom. The van der Waals surface area contributed by atoms with E-state index in [4.69, 9.17) is 4.52 Å². The van der Waals surface area contributed by atoms with E-state index < -0.39 is 0 Å². The number of nitrogens with zero attached hydrogens (tertiary/aromatic N) is 2. The molecule has 0 amide bonds. The summed E-state index contributed by atoms with van der Waals surface area (Å²) in [5, 5.41) is 14.1. The Labute approximate surface area is 106 Å². The highest BCUT2D eigenvalue weighted by atomic mass is 32.2. The first kappa shape index (κ1) is 12.9. The van der Waals surface area contributed by atoms with Crippen LogP contribution in [0.5, 0.6) is 0 Å². The van der Waals surface area contributed by atoms with Gasteiger partial charge in [-0.2, -0.15) is 16.7 Å². The molecule has 1 aliphatic rings. The monoisotopic (exact) mass is 256 g/mol. The van der Waals surface area contributed by atoms with Gasteiger partial charge in [-0.3, -0.25) is 0 Å². The van der Waals surface area contributed by atoms with Crippen LogP contribution in [0.25, 0.3) is 0 Å². The molecule has 0 bridgehead atoms. The summed E-state index contributed by atoms with van der Waals surface area (Å²) in [6, 6.07) is 0. The van der Waals surface area contributed by atoms with Crippen LogP contribution in [0.15, 0.2) is 4.52 Å². The maximum Gasteiger partial charge on any atom is 0.229 e. The maximum atomic E-state index is 9.45. The average Bonchev–Trinajstić information content (AvgIpc) is 2.76. The fraction of sp³-hybridized carbons (Fsp3) is 0.833. The number of hydrogen-bond acceptors (Lipinski definition) is 5. The molecule has 1 aromatic heterocycles. The van der Waals surface area contributed by atoms with E-state index in [2.05, 4.69) is 24.0 Å².